The van der Waals surface area contributed by atoms with Gasteiger partial charge in [-0.15, -0.1) is 0 Å². The molecule has 0 amide bonds. The topological polar surface area (TPSA) is 106 Å². The van der Waals surface area contributed by atoms with Gasteiger partial charge in [-0.25, -0.2) is 0 Å². The molecular formula is C19H31N3O5Si. The molecule has 156 valence electrons. The number of aliphatic hydroxyl groups is 1. The van der Waals surface area contributed by atoms with Gasteiger partial charge in [0.2, 0.25) is 0 Å². The molecule has 0 bridgehead atoms. The lowest BCUT2D eigenvalue weighted by atomic mass is 10.0. The summed E-state index contributed by atoms with van der Waals surface area (Å²) < 4.78 is 22.9. The number of azide groups is 1. The number of hydrogen-bond donors (Lipinski definition) is 1. The Bertz CT molecular complexity index is 686. The van der Waals surface area contributed by atoms with Crippen molar-refractivity contribution in [3.8, 4) is 5.75 Å². The Labute approximate surface area is 167 Å². The van der Waals surface area contributed by atoms with Gasteiger partial charge < -0.3 is 23.7 Å². The second-order valence-electron chi connectivity index (χ2n) is 8.46. The molecule has 1 heterocycles. The van der Waals surface area contributed by atoms with E-state index in [0.29, 0.717) is 0 Å². The molecule has 2 rings (SSSR count). The lowest BCUT2D eigenvalue weighted by Crippen LogP contribution is -2.57. The Morgan fingerprint density at radius 1 is 1.29 bits per heavy atom. The van der Waals surface area contributed by atoms with Gasteiger partial charge in [0.15, 0.2) is 14.6 Å². The third-order valence-electron chi connectivity index (χ3n) is 5.44. The maximum Gasteiger partial charge on any atom is 0.192 e. The van der Waals surface area contributed by atoms with Crippen LogP contribution in [0.5, 0.6) is 5.75 Å². The number of aliphatic hydroxyl groups excluding tert-OH is 1. The molecule has 1 aromatic rings. The molecule has 0 radical (unpaired) electrons. The molecule has 1 N–H and O–H groups in total. The SMILES string of the molecule is COc1ccc(COC2OCC(O[Si](C)(C)C(C)(C)C)[C@H](N=[N+]=[N-])C2O)cc1. The van der Waals surface area contributed by atoms with Crippen LogP contribution < -0.4 is 4.74 Å². The summed E-state index contributed by atoms with van der Waals surface area (Å²) in [6, 6.07) is 6.66. The Kier molecular flexibility index (Phi) is 7.50. The Morgan fingerprint density at radius 2 is 1.93 bits per heavy atom. The van der Waals surface area contributed by atoms with Crippen molar-refractivity contribution >= 4 is 8.32 Å². The number of methoxy groups -OCH3 is 1. The van der Waals surface area contributed by atoms with Crippen molar-refractivity contribution in [3.05, 3.63) is 40.3 Å². The van der Waals surface area contributed by atoms with Crippen LogP contribution in [-0.2, 0) is 20.5 Å². The maximum absolute atomic E-state index is 10.7. The van der Waals surface area contributed by atoms with E-state index in [1.54, 1.807) is 7.11 Å². The highest BCUT2D eigenvalue weighted by atomic mass is 28.4. The highest BCUT2D eigenvalue weighted by Crippen LogP contribution is 2.39. The maximum atomic E-state index is 10.7. The van der Waals surface area contributed by atoms with E-state index in [2.05, 4.69) is 43.9 Å². The molecule has 8 nitrogen and oxygen atoms in total. The minimum atomic E-state index is -2.12. The van der Waals surface area contributed by atoms with Crippen LogP contribution in [0, 0.1) is 0 Å². The molecular weight excluding hydrogens is 378 g/mol. The van der Waals surface area contributed by atoms with Gasteiger partial charge in [-0.1, -0.05) is 38.0 Å². The second-order valence-corrected chi connectivity index (χ2v) is 13.2. The van der Waals surface area contributed by atoms with Crippen LogP contribution in [0.15, 0.2) is 29.4 Å². The molecule has 0 spiro atoms. The minimum absolute atomic E-state index is 0.0133. The minimum Gasteiger partial charge on any atom is -0.497 e. The molecule has 4 atom stereocenters. The molecule has 1 aliphatic rings. The summed E-state index contributed by atoms with van der Waals surface area (Å²) in [6.45, 7) is 11.1. The van der Waals surface area contributed by atoms with Gasteiger partial charge in [-0.2, -0.15) is 0 Å². The number of ether oxygens (including phenoxy) is 3. The fourth-order valence-corrected chi connectivity index (χ4v) is 3.99. The lowest BCUT2D eigenvalue weighted by molar-refractivity contribution is -0.244. The van der Waals surface area contributed by atoms with Crippen LogP contribution in [0.3, 0.4) is 0 Å². The first-order valence-electron chi connectivity index (χ1n) is 9.35. The predicted octanol–water partition coefficient (Wildman–Crippen LogP) is 4.00. The van der Waals surface area contributed by atoms with E-state index in [1.807, 2.05) is 24.3 Å². The van der Waals surface area contributed by atoms with Crippen LogP contribution in [0.4, 0.5) is 0 Å². The molecule has 0 aliphatic carbocycles. The molecule has 3 unspecified atom stereocenters. The quantitative estimate of drug-likeness (QED) is 0.317. The van der Waals surface area contributed by atoms with E-state index >= 15 is 0 Å². The van der Waals surface area contributed by atoms with Gasteiger partial charge in [0, 0.05) is 4.91 Å². The summed E-state index contributed by atoms with van der Waals surface area (Å²) in [7, 11) is -0.515. The Morgan fingerprint density at radius 3 is 2.46 bits per heavy atom. The normalized spacial score (nSPS) is 25.8. The molecule has 0 aromatic heterocycles. The van der Waals surface area contributed by atoms with Gasteiger partial charge in [0.25, 0.3) is 0 Å². The van der Waals surface area contributed by atoms with Crippen LogP contribution >= 0.6 is 0 Å². The van der Waals surface area contributed by atoms with E-state index < -0.39 is 32.9 Å². The zero-order valence-electron chi connectivity index (χ0n) is 17.5. The average Bonchev–Trinajstić information content (AvgIpc) is 2.63. The molecule has 0 saturated carbocycles. The van der Waals surface area contributed by atoms with Gasteiger partial charge >= 0.3 is 0 Å². The fourth-order valence-electron chi connectivity index (χ4n) is 2.68. The molecule has 28 heavy (non-hydrogen) atoms. The first-order chi connectivity index (χ1) is 13.1. The van der Waals surface area contributed by atoms with Gasteiger partial charge in [0.1, 0.15) is 11.9 Å². The zero-order chi connectivity index (χ0) is 20.9. The monoisotopic (exact) mass is 409 g/mol. The summed E-state index contributed by atoms with van der Waals surface area (Å²) in [5.41, 5.74) is 9.88. The van der Waals surface area contributed by atoms with Crippen LogP contribution in [0.2, 0.25) is 18.1 Å². The van der Waals surface area contributed by atoms with E-state index in [1.165, 1.54) is 0 Å². The molecule has 1 saturated heterocycles. The summed E-state index contributed by atoms with van der Waals surface area (Å²) >= 11 is 0. The van der Waals surface area contributed by atoms with Crippen molar-refractivity contribution in [2.24, 2.45) is 5.11 Å². The van der Waals surface area contributed by atoms with Crippen LogP contribution in [0.1, 0.15) is 26.3 Å². The third kappa shape index (κ3) is 5.47. The molecule has 1 aliphatic heterocycles. The summed E-state index contributed by atoms with van der Waals surface area (Å²) in [5.74, 6) is 0.756. The van der Waals surface area contributed by atoms with E-state index in [0.717, 1.165) is 11.3 Å². The summed E-state index contributed by atoms with van der Waals surface area (Å²) in [4.78, 5) is 2.90. The molecule has 9 heteroatoms. The number of rotatable bonds is 7. The lowest BCUT2D eigenvalue weighted by Gasteiger charge is -2.44. The van der Waals surface area contributed by atoms with Crippen molar-refractivity contribution in [1.82, 2.24) is 0 Å². The number of nitrogens with zero attached hydrogens (tertiary/aromatic N) is 3. The average molecular weight is 410 g/mol. The first-order valence-corrected chi connectivity index (χ1v) is 12.3. The summed E-state index contributed by atoms with van der Waals surface area (Å²) in [5, 5.41) is 14.5. The van der Waals surface area contributed by atoms with Crippen molar-refractivity contribution in [3.63, 3.8) is 0 Å². The fraction of sp³-hybridized carbons (Fsp3) is 0.684. The number of hydrogen-bond acceptors (Lipinski definition) is 6. The molecule has 1 fully saturated rings. The Balaban J connectivity index is 2.04. The third-order valence-corrected chi connectivity index (χ3v) is 9.95. The molecule has 1 aromatic carbocycles. The standard InChI is InChI=1S/C19H31N3O5Si/c1-19(2,3)28(5,6)27-15-12-26-18(17(23)16(15)21-22-20)25-11-13-7-9-14(24-4)10-8-13/h7-10,15-18,23H,11-12H2,1-6H3/t15?,16-,17?,18?/m0/s1. The van der Waals surface area contributed by atoms with Crippen LogP contribution in [0.25, 0.3) is 10.4 Å². The van der Waals surface area contributed by atoms with Gasteiger partial charge in [-0.3, -0.25) is 0 Å². The van der Waals surface area contributed by atoms with E-state index in [9.17, 15) is 5.11 Å². The van der Waals surface area contributed by atoms with E-state index in [4.69, 9.17) is 24.2 Å². The zero-order valence-corrected chi connectivity index (χ0v) is 18.5. The Hall–Kier alpha value is -1.61. The van der Waals surface area contributed by atoms with Gasteiger partial charge in [-0.05, 0) is 41.4 Å². The smallest absolute Gasteiger partial charge is 0.192 e. The van der Waals surface area contributed by atoms with Crippen molar-refractivity contribution in [2.75, 3.05) is 13.7 Å². The van der Waals surface area contributed by atoms with Crippen molar-refractivity contribution < 1.29 is 23.7 Å². The van der Waals surface area contributed by atoms with E-state index in [-0.39, 0.29) is 18.3 Å². The van der Waals surface area contributed by atoms with Crippen LogP contribution in [-0.4, -0.2) is 51.7 Å². The van der Waals surface area contributed by atoms with Crippen molar-refractivity contribution in [1.29, 1.82) is 0 Å². The highest BCUT2D eigenvalue weighted by Gasteiger charge is 2.46. The second kappa shape index (κ2) is 9.26. The largest absolute Gasteiger partial charge is 0.497 e. The van der Waals surface area contributed by atoms with Gasteiger partial charge in [0.05, 0.1) is 32.5 Å². The first kappa shape index (κ1) is 22.7. The number of benzene rings is 1. The highest BCUT2D eigenvalue weighted by molar-refractivity contribution is 6.74. The predicted molar refractivity (Wildman–Crippen MR) is 109 cm³/mol. The summed E-state index contributed by atoms with van der Waals surface area (Å²) in [6.07, 6.45) is -2.51. The van der Waals surface area contributed by atoms with Crippen molar-refractivity contribution in [2.45, 2.75) is 70.1 Å².